The smallest absolute Gasteiger partial charge is 0.300 e. The van der Waals surface area contributed by atoms with Crippen molar-refractivity contribution in [2.75, 3.05) is 4.90 Å². The first-order valence-electron chi connectivity index (χ1n) is 10.1. The molecule has 5 rings (SSSR count). The van der Waals surface area contributed by atoms with E-state index in [4.69, 9.17) is 0 Å². The van der Waals surface area contributed by atoms with E-state index in [-0.39, 0.29) is 11.3 Å². The fourth-order valence-electron chi connectivity index (χ4n) is 4.34. The summed E-state index contributed by atoms with van der Waals surface area (Å²) in [7, 11) is 1.93. The molecule has 0 radical (unpaired) electrons. The Morgan fingerprint density at radius 3 is 2.28 bits per heavy atom. The number of fused-ring (bicyclic) bond motifs is 1. The van der Waals surface area contributed by atoms with Crippen molar-refractivity contribution in [1.82, 2.24) is 4.57 Å². The molecule has 1 unspecified atom stereocenters. The van der Waals surface area contributed by atoms with Crippen LogP contribution in [0.2, 0.25) is 0 Å². The molecule has 1 aliphatic heterocycles. The van der Waals surface area contributed by atoms with Crippen molar-refractivity contribution in [2.45, 2.75) is 6.04 Å². The van der Waals surface area contributed by atoms with Crippen molar-refractivity contribution >= 4 is 50.0 Å². The molecule has 1 N–H and O–H groups in total. The summed E-state index contributed by atoms with van der Waals surface area (Å²) >= 11 is 3.39. The minimum absolute atomic E-state index is 0.0810. The second-order valence-electron chi connectivity index (χ2n) is 7.72. The first-order valence-corrected chi connectivity index (χ1v) is 10.9. The molecule has 158 valence electrons. The maximum Gasteiger partial charge on any atom is 0.300 e. The van der Waals surface area contributed by atoms with Crippen molar-refractivity contribution in [3.8, 4) is 0 Å². The number of benzene rings is 3. The largest absolute Gasteiger partial charge is 0.507 e. The Labute approximate surface area is 193 Å². The summed E-state index contributed by atoms with van der Waals surface area (Å²) in [4.78, 5) is 28.0. The molecule has 4 aromatic rings. The average Bonchev–Trinajstić information content (AvgIpc) is 3.28. The molecule has 1 atom stereocenters. The number of rotatable bonds is 3. The number of halogens is 1. The van der Waals surface area contributed by atoms with Crippen molar-refractivity contribution in [3.05, 3.63) is 106 Å². The molecule has 1 aliphatic rings. The van der Waals surface area contributed by atoms with E-state index in [1.165, 1.54) is 4.90 Å². The molecule has 0 aliphatic carbocycles. The number of aliphatic hydroxyl groups excluding tert-OH is 1. The van der Waals surface area contributed by atoms with Crippen LogP contribution in [0, 0.1) is 0 Å². The van der Waals surface area contributed by atoms with Crippen LogP contribution in [-0.4, -0.2) is 21.4 Å². The van der Waals surface area contributed by atoms with Gasteiger partial charge in [-0.05, 0) is 30.3 Å². The number of carbonyl (C=O) groups is 2. The van der Waals surface area contributed by atoms with E-state index in [9.17, 15) is 14.7 Å². The highest BCUT2D eigenvalue weighted by molar-refractivity contribution is 9.10. The summed E-state index contributed by atoms with van der Waals surface area (Å²) < 4.78 is 2.82. The van der Waals surface area contributed by atoms with E-state index in [0.717, 1.165) is 20.9 Å². The number of aliphatic hydroxyl groups is 1. The lowest BCUT2D eigenvalue weighted by Crippen LogP contribution is -2.29. The van der Waals surface area contributed by atoms with E-state index >= 15 is 0 Å². The van der Waals surface area contributed by atoms with Crippen LogP contribution >= 0.6 is 15.9 Å². The number of Topliss-reactive ketones (excluding diaryl/α,β-unsaturated/α-hetero) is 1. The number of aryl methyl sites for hydroxylation is 1. The van der Waals surface area contributed by atoms with E-state index in [0.29, 0.717) is 11.3 Å². The van der Waals surface area contributed by atoms with Gasteiger partial charge in [0.25, 0.3) is 11.7 Å². The van der Waals surface area contributed by atoms with Gasteiger partial charge in [-0.2, -0.15) is 0 Å². The SMILES string of the molecule is Cn1cc(C2/C(=C(\O)c3ccc(Br)cc3)C(=O)C(=O)N2c2ccccc2)c2ccccc21. The molecule has 0 bridgehead atoms. The maximum absolute atomic E-state index is 13.3. The molecule has 1 saturated heterocycles. The Morgan fingerprint density at radius 1 is 0.906 bits per heavy atom. The topological polar surface area (TPSA) is 62.5 Å². The number of nitrogens with zero attached hydrogens (tertiary/aromatic N) is 2. The molecule has 0 spiro atoms. The van der Waals surface area contributed by atoms with Gasteiger partial charge in [0.2, 0.25) is 0 Å². The van der Waals surface area contributed by atoms with Crippen molar-refractivity contribution in [3.63, 3.8) is 0 Å². The van der Waals surface area contributed by atoms with E-state index < -0.39 is 17.7 Å². The number of ketones is 1. The van der Waals surface area contributed by atoms with E-state index in [1.54, 1.807) is 36.4 Å². The lowest BCUT2D eigenvalue weighted by Gasteiger charge is -2.25. The highest BCUT2D eigenvalue weighted by Crippen LogP contribution is 2.44. The van der Waals surface area contributed by atoms with E-state index in [2.05, 4.69) is 15.9 Å². The van der Waals surface area contributed by atoms with Crippen LogP contribution in [-0.2, 0) is 16.6 Å². The standard InChI is InChI=1S/C26H19BrN2O3/c1-28-15-20(19-9-5-6-10-21(19)28)23-22(24(30)16-11-13-17(27)14-12-16)25(31)26(32)29(23)18-7-3-2-4-8-18/h2-15,23,30H,1H3/b24-22+. The second kappa shape index (κ2) is 7.80. The van der Waals surface area contributed by atoms with Crippen LogP contribution in [0.4, 0.5) is 5.69 Å². The molecule has 1 fully saturated rings. The highest BCUT2D eigenvalue weighted by atomic mass is 79.9. The molecular weight excluding hydrogens is 468 g/mol. The van der Waals surface area contributed by atoms with Gasteiger partial charge in [-0.15, -0.1) is 0 Å². The Hall–Kier alpha value is -3.64. The Kier molecular flexibility index (Phi) is 4.94. The van der Waals surface area contributed by atoms with Crippen molar-refractivity contribution in [1.29, 1.82) is 0 Å². The molecule has 3 aromatic carbocycles. The first kappa shape index (κ1) is 20.3. The Bertz CT molecular complexity index is 1390. The monoisotopic (exact) mass is 486 g/mol. The molecule has 5 nitrogen and oxygen atoms in total. The summed E-state index contributed by atoms with van der Waals surface area (Å²) in [6, 6.07) is 23.2. The number of aromatic nitrogens is 1. The molecule has 0 saturated carbocycles. The van der Waals surface area contributed by atoms with Crippen LogP contribution < -0.4 is 4.90 Å². The molecular formula is C26H19BrN2O3. The number of anilines is 1. The normalized spacial score (nSPS) is 17.9. The highest BCUT2D eigenvalue weighted by Gasteiger charge is 2.47. The Morgan fingerprint density at radius 2 is 1.56 bits per heavy atom. The van der Waals surface area contributed by atoms with Crippen LogP contribution in [0.15, 0.2) is 95.1 Å². The molecule has 6 heteroatoms. The van der Waals surface area contributed by atoms with Crippen LogP contribution in [0.1, 0.15) is 17.2 Å². The van der Waals surface area contributed by atoms with Crippen molar-refractivity contribution in [2.24, 2.45) is 7.05 Å². The third-order valence-electron chi connectivity index (χ3n) is 5.82. The predicted octanol–water partition coefficient (Wildman–Crippen LogP) is 5.57. The minimum Gasteiger partial charge on any atom is -0.507 e. The van der Waals surface area contributed by atoms with Gasteiger partial charge < -0.3 is 9.67 Å². The number of para-hydroxylation sites is 2. The fourth-order valence-corrected chi connectivity index (χ4v) is 4.60. The first-order chi connectivity index (χ1) is 15.5. The van der Waals surface area contributed by atoms with Crippen LogP contribution in [0.25, 0.3) is 16.7 Å². The maximum atomic E-state index is 13.3. The lowest BCUT2D eigenvalue weighted by molar-refractivity contribution is -0.132. The lowest BCUT2D eigenvalue weighted by atomic mass is 9.95. The van der Waals surface area contributed by atoms with Gasteiger partial charge in [0.15, 0.2) is 0 Å². The van der Waals surface area contributed by atoms with Gasteiger partial charge in [-0.3, -0.25) is 14.5 Å². The van der Waals surface area contributed by atoms with Gasteiger partial charge in [0.05, 0.1) is 11.6 Å². The third kappa shape index (κ3) is 3.15. The zero-order valence-electron chi connectivity index (χ0n) is 17.2. The van der Waals surface area contributed by atoms with Crippen LogP contribution in [0.5, 0.6) is 0 Å². The van der Waals surface area contributed by atoms with Gasteiger partial charge >= 0.3 is 0 Å². The number of carbonyl (C=O) groups excluding carboxylic acids is 2. The molecule has 1 amide bonds. The minimum atomic E-state index is -0.757. The summed E-state index contributed by atoms with van der Waals surface area (Å²) in [6.07, 6.45) is 1.92. The fraction of sp³-hybridized carbons (Fsp3) is 0.0769. The summed E-state index contributed by atoms with van der Waals surface area (Å²) in [5.74, 6) is -1.55. The zero-order valence-corrected chi connectivity index (χ0v) is 18.8. The zero-order chi connectivity index (χ0) is 22.4. The van der Waals surface area contributed by atoms with Gasteiger partial charge in [0, 0.05) is 45.4 Å². The van der Waals surface area contributed by atoms with Crippen LogP contribution in [0.3, 0.4) is 0 Å². The summed E-state index contributed by atoms with van der Waals surface area (Å²) in [5, 5.41) is 12.2. The number of hydrogen-bond acceptors (Lipinski definition) is 3. The van der Waals surface area contributed by atoms with Crippen molar-refractivity contribution < 1.29 is 14.7 Å². The predicted molar refractivity (Wildman–Crippen MR) is 128 cm³/mol. The molecule has 32 heavy (non-hydrogen) atoms. The van der Waals surface area contributed by atoms with Gasteiger partial charge in [0.1, 0.15) is 5.76 Å². The van der Waals surface area contributed by atoms with E-state index in [1.807, 2.05) is 60.3 Å². The number of amides is 1. The Balaban J connectivity index is 1.80. The van der Waals surface area contributed by atoms with Gasteiger partial charge in [-0.1, -0.05) is 64.5 Å². The number of hydrogen-bond donors (Lipinski definition) is 1. The second-order valence-corrected chi connectivity index (χ2v) is 8.64. The molecule has 1 aromatic heterocycles. The molecule has 2 heterocycles. The van der Waals surface area contributed by atoms with Gasteiger partial charge in [-0.25, -0.2) is 0 Å². The quantitative estimate of drug-likeness (QED) is 0.234. The summed E-state index contributed by atoms with van der Waals surface area (Å²) in [6.45, 7) is 0. The third-order valence-corrected chi connectivity index (χ3v) is 6.35. The average molecular weight is 487 g/mol. The summed E-state index contributed by atoms with van der Waals surface area (Å²) in [5.41, 5.74) is 2.92.